The highest BCUT2D eigenvalue weighted by atomic mass is 32.1. The molecule has 0 aromatic carbocycles. The molecule has 0 atom stereocenters. The largest absolute Gasteiger partial charge is 0.472 e. The maximum atomic E-state index is 11.9. The van der Waals surface area contributed by atoms with Crippen molar-refractivity contribution in [2.24, 2.45) is 0 Å². The Morgan fingerprint density at radius 3 is 2.80 bits per heavy atom. The predicted octanol–water partition coefficient (Wildman–Crippen LogP) is 3.63. The van der Waals surface area contributed by atoms with Crippen LogP contribution in [0.1, 0.15) is 37.0 Å². The van der Waals surface area contributed by atoms with Crippen LogP contribution in [0, 0.1) is 0 Å². The highest BCUT2D eigenvalue weighted by Gasteiger charge is 2.13. The Hall–Kier alpha value is -2.34. The number of carbonyl (C=O) groups is 2. The molecule has 25 heavy (non-hydrogen) atoms. The fraction of sp³-hybridized carbons (Fsp3) is 0.368. The van der Waals surface area contributed by atoms with Crippen molar-refractivity contribution in [2.45, 2.75) is 38.6 Å². The van der Waals surface area contributed by atoms with Gasteiger partial charge in [0.15, 0.2) is 0 Å². The molecule has 0 radical (unpaired) electrons. The molecule has 0 saturated carbocycles. The monoisotopic (exact) mass is 358 g/mol. The van der Waals surface area contributed by atoms with E-state index in [0.717, 1.165) is 35.3 Å². The van der Waals surface area contributed by atoms with Crippen LogP contribution in [0.5, 0.6) is 0 Å². The SMILES string of the molecule is O=C(NCCC1=CCCCC1)C(=O)NCc1cc(-c2ccoc2)cs1. The Morgan fingerprint density at radius 1 is 1.16 bits per heavy atom. The van der Waals surface area contributed by atoms with E-state index in [9.17, 15) is 9.59 Å². The quantitative estimate of drug-likeness (QED) is 0.612. The summed E-state index contributed by atoms with van der Waals surface area (Å²) >= 11 is 1.54. The lowest BCUT2D eigenvalue weighted by atomic mass is 9.97. The van der Waals surface area contributed by atoms with Crippen molar-refractivity contribution < 1.29 is 14.0 Å². The number of amides is 2. The molecule has 2 amide bonds. The maximum Gasteiger partial charge on any atom is 0.309 e. The first-order chi connectivity index (χ1) is 12.2. The summed E-state index contributed by atoms with van der Waals surface area (Å²) in [7, 11) is 0. The molecule has 0 fully saturated rings. The number of thiophene rings is 1. The molecule has 132 valence electrons. The third-order valence-electron chi connectivity index (χ3n) is 4.25. The van der Waals surface area contributed by atoms with E-state index in [4.69, 9.17) is 4.42 Å². The molecule has 0 spiro atoms. The van der Waals surface area contributed by atoms with Crippen LogP contribution < -0.4 is 10.6 Å². The van der Waals surface area contributed by atoms with Gasteiger partial charge in [0, 0.05) is 17.0 Å². The Bertz CT molecular complexity index is 747. The minimum atomic E-state index is -0.587. The van der Waals surface area contributed by atoms with Gasteiger partial charge in [-0.1, -0.05) is 11.6 Å². The predicted molar refractivity (Wildman–Crippen MR) is 98.0 cm³/mol. The normalized spacial score (nSPS) is 14.0. The third-order valence-corrected chi connectivity index (χ3v) is 5.19. The summed E-state index contributed by atoms with van der Waals surface area (Å²) in [4.78, 5) is 24.7. The number of furan rings is 1. The van der Waals surface area contributed by atoms with E-state index in [-0.39, 0.29) is 0 Å². The molecular formula is C19H22N2O3S. The Balaban J connectivity index is 1.39. The van der Waals surface area contributed by atoms with E-state index < -0.39 is 11.8 Å². The minimum absolute atomic E-state index is 0.347. The van der Waals surface area contributed by atoms with Crippen molar-refractivity contribution in [1.82, 2.24) is 10.6 Å². The van der Waals surface area contributed by atoms with E-state index in [1.165, 1.54) is 18.4 Å². The zero-order valence-electron chi connectivity index (χ0n) is 14.0. The first-order valence-corrected chi connectivity index (χ1v) is 9.44. The van der Waals surface area contributed by atoms with Crippen LogP contribution in [0.2, 0.25) is 0 Å². The van der Waals surface area contributed by atoms with Gasteiger partial charge in [0.1, 0.15) is 0 Å². The maximum absolute atomic E-state index is 11.9. The second-order valence-corrected chi connectivity index (χ2v) is 7.11. The van der Waals surface area contributed by atoms with Gasteiger partial charge in [-0.15, -0.1) is 11.3 Å². The topological polar surface area (TPSA) is 71.3 Å². The van der Waals surface area contributed by atoms with Crippen molar-refractivity contribution in [1.29, 1.82) is 0 Å². The summed E-state index contributed by atoms with van der Waals surface area (Å²) in [5.74, 6) is -1.15. The fourth-order valence-electron chi connectivity index (χ4n) is 2.85. The van der Waals surface area contributed by atoms with Gasteiger partial charge >= 0.3 is 11.8 Å². The molecule has 2 aromatic rings. The van der Waals surface area contributed by atoms with Gasteiger partial charge in [0.05, 0.1) is 19.1 Å². The molecule has 1 aliphatic carbocycles. The van der Waals surface area contributed by atoms with Crippen LogP contribution in [0.3, 0.4) is 0 Å². The van der Waals surface area contributed by atoms with E-state index in [1.54, 1.807) is 23.9 Å². The highest BCUT2D eigenvalue weighted by Crippen LogP contribution is 2.25. The number of nitrogens with one attached hydrogen (secondary N) is 2. The molecule has 1 aliphatic rings. The average Bonchev–Trinajstić information content (AvgIpc) is 3.32. The zero-order chi connectivity index (χ0) is 17.5. The summed E-state index contributed by atoms with van der Waals surface area (Å²) in [6.07, 6.45) is 11.1. The van der Waals surface area contributed by atoms with E-state index in [0.29, 0.717) is 13.1 Å². The number of hydrogen-bond acceptors (Lipinski definition) is 4. The summed E-state index contributed by atoms with van der Waals surface area (Å²) in [6, 6.07) is 3.88. The molecule has 6 heteroatoms. The summed E-state index contributed by atoms with van der Waals surface area (Å²) in [6.45, 7) is 0.863. The van der Waals surface area contributed by atoms with Gasteiger partial charge < -0.3 is 15.1 Å². The lowest BCUT2D eigenvalue weighted by Gasteiger charge is -2.12. The number of carbonyl (C=O) groups excluding carboxylic acids is 2. The van der Waals surface area contributed by atoms with Crippen LogP contribution in [-0.4, -0.2) is 18.4 Å². The van der Waals surface area contributed by atoms with Gasteiger partial charge in [0.2, 0.25) is 0 Å². The Morgan fingerprint density at radius 2 is 2.04 bits per heavy atom. The average molecular weight is 358 g/mol. The van der Waals surface area contributed by atoms with E-state index in [1.807, 2.05) is 17.5 Å². The van der Waals surface area contributed by atoms with Crippen LogP contribution in [-0.2, 0) is 16.1 Å². The van der Waals surface area contributed by atoms with Crippen molar-refractivity contribution >= 4 is 23.2 Å². The van der Waals surface area contributed by atoms with Crippen molar-refractivity contribution in [3.8, 4) is 11.1 Å². The molecule has 0 aliphatic heterocycles. The van der Waals surface area contributed by atoms with E-state index >= 15 is 0 Å². The zero-order valence-corrected chi connectivity index (χ0v) is 14.9. The summed E-state index contributed by atoms with van der Waals surface area (Å²) in [5.41, 5.74) is 3.44. The van der Waals surface area contributed by atoms with Crippen molar-refractivity contribution in [3.63, 3.8) is 0 Å². The lowest BCUT2D eigenvalue weighted by molar-refractivity contribution is -0.139. The first kappa shape index (κ1) is 17.5. The van der Waals surface area contributed by atoms with Gasteiger partial charge in [-0.25, -0.2) is 0 Å². The van der Waals surface area contributed by atoms with Gasteiger partial charge in [-0.05, 0) is 55.2 Å². The first-order valence-electron chi connectivity index (χ1n) is 8.56. The van der Waals surface area contributed by atoms with Crippen LogP contribution in [0.15, 0.2) is 46.1 Å². The van der Waals surface area contributed by atoms with Gasteiger partial charge in [-0.2, -0.15) is 0 Å². The van der Waals surface area contributed by atoms with Crippen LogP contribution in [0.4, 0.5) is 0 Å². The Labute approximate surface area is 151 Å². The van der Waals surface area contributed by atoms with Crippen molar-refractivity contribution in [3.05, 3.63) is 46.6 Å². The van der Waals surface area contributed by atoms with Crippen LogP contribution >= 0.6 is 11.3 Å². The van der Waals surface area contributed by atoms with Crippen molar-refractivity contribution in [2.75, 3.05) is 6.54 Å². The lowest BCUT2D eigenvalue weighted by Crippen LogP contribution is -2.39. The smallest absolute Gasteiger partial charge is 0.309 e. The summed E-state index contributed by atoms with van der Waals surface area (Å²) < 4.78 is 5.07. The van der Waals surface area contributed by atoms with E-state index in [2.05, 4.69) is 16.7 Å². The Kier molecular flexibility index (Phi) is 6.06. The van der Waals surface area contributed by atoms with Crippen LogP contribution in [0.25, 0.3) is 11.1 Å². The molecular weight excluding hydrogens is 336 g/mol. The molecule has 3 rings (SSSR count). The molecule has 0 saturated heterocycles. The molecule has 0 unspecified atom stereocenters. The second-order valence-electron chi connectivity index (χ2n) is 6.11. The minimum Gasteiger partial charge on any atom is -0.472 e. The second kappa shape index (κ2) is 8.67. The molecule has 5 nitrogen and oxygen atoms in total. The molecule has 2 aromatic heterocycles. The molecule has 2 heterocycles. The number of hydrogen-bond donors (Lipinski definition) is 2. The third kappa shape index (κ3) is 5.06. The highest BCUT2D eigenvalue weighted by molar-refractivity contribution is 7.10. The summed E-state index contributed by atoms with van der Waals surface area (Å²) in [5, 5.41) is 7.36. The molecule has 2 N–H and O–H groups in total. The fourth-order valence-corrected chi connectivity index (χ4v) is 3.68. The standard InChI is InChI=1S/C19H22N2O3S/c22-18(20-8-6-14-4-2-1-3-5-14)19(23)21-11-17-10-16(13-25-17)15-7-9-24-12-15/h4,7,9-10,12-13H,1-3,5-6,8,11H2,(H,20,22)(H,21,23). The number of rotatable bonds is 6. The van der Waals surface area contributed by atoms with Gasteiger partial charge in [0.25, 0.3) is 0 Å². The van der Waals surface area contributed by atoms with Gasteiger partial charge in [-0.3, -0.25) is 9.59 Å². The molecule has 0 bridgehead atoms. The number of allylic oxidation sites excluding steroid dienone is 1.